The second-order valence-electron chi connectivity index (χ2n) is 7.11. The van der Waals surface area contributed by atoms with Gasteiger partial charge in [-0.15, -0.1) is 0 Å². The zero-order chi connectivity index (χ0) is 16.1. The molecule has 2 aliphatic heterocycles. The van der Waals surface area contributed by atoms with Crippen LogP contribution in [-0.4, -0.2) is 29.3 Å². The fraction of sp³-hybridized carbons (Fsp3) is 0.471. The van der Waals surface area contributed by atoms with E-state index in [0.717, 1.165) is 11.3 Å². The Bertz CT molecular complexity index is 699. The molecule has 2 atom stereocenters. The molecule has 22 heavy (non-hydrogen) atoms. The second-order valence-corrected chi connectivity index (χ2v) is 7.11. The van der Waals surface area contributed by atoms with E-state index in [1.54, 1.807) is 4.90 Å². The Hall–Kier alpha value is -2.35. The van der Waals surface area contributed by atoms with Crippen molar-refractivity contribution < 1.29 is 9.59 Å². The minimum atomic E-state index is -0.794. The second kappa shape index (κ2) is 4.57. The summed E-state index contributed by atoms with van der Waals surface area (Å²) in [5.41, 5.74) is 0.311. The maximum Gasteiger partial charge on any atom is 0.237 e. The molecule has 1 aromatic carbocycles. The Kier molecular flexibility index (Phi) is 3.03. The fourth-order valence-corrected chi connectivity index (χ4v) is 3.40. The molecule has 1 fully saturated rings. The molecule has 1 N–H and O–H groups in total. The van der Waals surface area contributed by atoms with Crippen molar-refractivity contribution >= 4 is 17.5 Å². The average molecular weight is 297 g/mol. The maximum atomic E-state index is 12.6. The number of hydrogen-bond acceptors (Lipinski definition) is 3. The van der Waals surface area contributed by atoms with Crippen LogP contribution in [0.25, 0.3) is 0 Å². The summed E-state index contributed by atoms with van der Waals surface area (Å²) in [5, 5.41) is 12.3. The first kappa shape index (κ1) is 14.6. The highest BCUT2D eigenvalue weighted by atomic mass is 16.2. The summed E-state index contributed by atoms with van der Waals surface area (Å²) >= 11 is 0. The van der Waals surface area contributed by atoms with Gasteiger partial charge in [0.25, 0.3) is 0 Å². The topological polar surface area (TPSA) is 73.2 Å². The predicted molar refractivity (Wildman–Crippen MR) is 81.9 cm³/mol. The van der Waals surface area contributed by atoms with Gasteiger partial charge in [-0.3, -0.25) is 9.59 Å². The molecule has 0 bridgehead atoms. The molecule has 114 valence electrons. The van der Waals surface area contributed by atoms with Gasteiger partial charge in [-0.1, -0.05) is 39.0 Å². The van der Waals surface area contributed by atoms with Gasteiger partial charge in [-0.2, -0.15) is 5.26 Å². The van der Waals surface area contributed by atoms with E-state index in [2.05, 4.69) is 11.4 Å². The molecule has 2 aliphatic rings. The lowest BCUT2D eigenvalue weighted by atomic mass is 9.80. The SMILES string of the molecule is CC(C)(C)C(=O)N1C[C@]2(CC1C#N)C(=O)Nc1ccccc12. The highest BCUT2D eigenvalue weighted by molar-refractivity contribution is 6.07. The summed E-state index contributed by atoms with van der Waals surface area (Å²) in [6.45, 7) is 5.76. The average Bonchev–Trinajstić information content (AvgIpc) is 2.98. The molecule has 1 aromatic rings. The van der Waals surface area contributed by atoms with Crippen molar-refractivity contribution in [2.45, 2.75) is 38.6 Å². The summed E-state index contributed by atoms with van der Waals surface area (Å²) in [6.07, 6.45) is 0.355. The predicted octanol–water partition coefficient (Wildman–Crippen LogP) is 2.05. The van der Waals surface area contributed by atoms with Crippen molar-refractivity contribution in [1.29, 1.82) is 5.26 Å². The number of carbonyl (C=O) groups is 2. The van der Waals surface area contributed by atoms with Crippen molar-refractivity contribution in [1.82, 2.24) is 4.90 Å². The van der Waals surface area contributed by atoms with Crippen LogP contribution in [0.3, 0.4) is 0 Å². The summed E-state index contributed by atoms with van der Waals surface area (Å²) < 4.78 is 0. The van der Waals surface area contributed by atoms with Gasteiger partial charge in [0.1, 0.15) is 6.04 Å². The van der Waals surface area contributed by atoms with Gasteiger partial charge in [0.05, 0.1) is 11.5 Å². The number of anilines is 1. The minimum absolute atomic E-state index is 0.0897. The third-order valence-corrected chi connectivity index (χ3v) is 4.54. The lowest BCUT2D eigenvalue weighted by molar-refractivity contribution is -0.139. The Morgan fingerprint density at radius 1 is 1.41 bits per heavy atom. The number of likely N-dealkylation sites (tertiary alicyclic amines) is 1. The monoisotopic (exact) mass is 297 g/mol. The van der Waals surface area contributed by atoms with Gasteiger partial charge in [0.15, 0.2) is 0 Å². The van der Waals surface area contributed by atoms with Gasteiger partial charge in [0.2, 0.25) is 11.8 Å². The molecule has 1 spiro atoms. The Morgan fingerprint density at radius 2 is 2.09 bits per heavy atom. The van der Waals surface area contributed by atoms with Crippen LogP contribution in [0.15, 0.2) is 24.3 Å². The Labute approximate surface area is 129 Å². The molecular formula is C17H19N3O2. The molecule has 2 amide bonds. The Balaban J connectivity index is 2.04. The number of nitrogens with zero attached hydrogens (tertiary/aromatic N) is 2. The first-order valence-corrected chi connectivity index (χ1v) is 7.41. The van der Waals surface area contributed by atoms with Crippen molar-refractivity contribution in [2.24, 2.45) is 5.41 Å². The van der Waals surface area contributed by atoms with Crippen LogP contribution in [0.4, 0.5) is 5.69 Å². The van der Waals surface area contributed by atoms with Crippen LogP contribution < -0.4 is 5.32 Å². The summed E-state index contributed by atoms with van der Waals surface area (Å²) in [4.78, 5) is 26.8. The maximum absolute atomic E-state index is 12.6. The number of carbonyl (C=O) groups excluding carboxylic acids is 2. The fourth-order valence-electron chi connectivity index (χ4n) is 3.40. The molecule has 0 aliphatic carbocycles. The number of fused-ring (bicyclic) bond motifs is 2. The number of benzene rings is 1. The van der Waals surface area contributed by atoms with Crippen LogP contribution in [0.2, 0.25) is 0 Å². The third-order valence-electron chi connectivity index (χ3n) is 4.54. The lowest BCUT2D eigenvalue weighted by Gasteiger charge is -2.28. The summed E-state index contributed by atoms with van der Waals surface area (Å²) in [7, 11) is 0. The molecule has 1 saturated heterocycles. The molecule has 0 aromatic heterocycles. The molecular weight excluding hydrogens is 278 g/mol. The van der Waals surface area contributed by atoms with Crippen molar-refractivity contribution in [2.75, 3.05) is 11.9 Å². The first-order valence-electron chi connectivity index (χ1n) is 7.41. The molecule has 3 rings (SSSR count). The number of hydrogen-bond donors (Lipinski definition) is 1. The number of amides is 2. The molecule has 1 unspecified atom stereocenters. The smallest absolute Gasteiger partial charge is 0.237 e. The van der Waals surface area contributed by atoms with Crippen LogP contribution in [0, 0.1) is 16.7 Å². The highest BCUT2D eigenvalue weighted by Gasteiger charge is 2.56. The van der Waals surface area contributed by atoms with E-state index in [1.807, 2.05) is 45.0 Å². The largest absolute Gasteiger partial charge is 0.325 e. The van der Waals surface area contributed by atoms with E-state index >= 15 is 0 Å². The number of para-hydroxylation sites is 1. The van der Waals surface area contributed by atoms with E-state index in [4.69, 9.17) is 0 Å². The van der Waals surface area contributed by atoms with Gasteiger partial charge in [0, 0.05) is 24.1 Å². The van der Waals surface area contributed by atoms with Crippen molar-refractivity contribution in [3.8, 4) is 6.07 Å². The Morgan fingerprint density at radius 3 is 2.73 bits per heavy atom. The van der Waals surface area contributed by atoms with Crippen molar-refractivity contribution in [3.05, 3.63) is 29.8 Å². The van der Waals surface area contributed by atoms with Gasteiger partial charge in [-0.05, 0) is 11.6 Å². The van der Waals surface area contributed by atoms with Gasteiger partial charge >= 0.3 is 0 Å². The molecule has 0 radical (unpaired) electrons. The number of rotatable bonds is 0. The lowest BCUT2D eigenvalue weighted by Crippen LogP contribution is -2.44. The highest BCUT2D eigenvalue weighted by Crippen LogP contribution is 2.46. The molecule has 5 heteroatoms. The van der Waals surface area contributed by atoms with E-state index < -0.39 is 16.9 Å². The summed E-state index contributed by atoms with van der Waals surface area (Å²) in [5.74, 6) is -0.203. The van der Waals surface area contributed by atoms with Crippen LogP contribution >= 0.6 is 0 Å². The van der Waals surface area contributed by atoms with Crippen LogP contribution in [0.1, 0.15) is 32.8 Å². The van der Waals surface area contributed by atoms with Crippen LogP contribution in [0.5, 0.6) is 0 Å². The van der Waals surface area contributed by atoms with E-state index in [1.165, 1.54) is 0 Å². The normalized spacial score (nSPS) is 26.7. The van der Waals surface area contributed by atoms with E-state index in [-0.39, 0.29) is 18.4 Å². The quantitative estimate of drug-likeness (QED) is 0.796. The van der Waals surface area contributed by atoms with E-state index in [9.17, 15) is 14.9 Å². The number of nitrogens with one attached hydrogen (secondary N) is 1. The summed E-state index contributed by atoms with van der Waals surface area (Å²) in [6, 6.07) is 9.15. The first-order chi connectivity index (χ1) is 10.3. The molecule has 2 heterocycles. The van der Waals surface area contributed by atoms with Gasteiger partial charge in [-0.25, -0.2) is 0 Å². The van der Waals surface area contributed by atoms with Crippen LogP contribution in [-0.2, 0) is 15.0 Å². The van der Waals surface area contributed by atoms with Gasteiger partial charge < -0.3 is 10.2 Å². The van der Waals surface area contributed by atoms with E-state index in [0.29, 0.717) is 6.42 Å². The standard InChI is InChI=1S/C17H19N3O2/c1-16(2,3)15(22)20-10-17(8-11(20)9-18)12-6-4-5-7-13(12)19-14(17)21/h4-7,11H,8,10H2,1-3H3,(H,19,21)/t11?,17-/m0/s1. The third kappa shape index (κ3) is 1.91. The zero-order valence-electron chi connectivity index (χ0n) is 13.0. The molecule has 0 saturated carbocycles. The minimum Gasteiger partial charge on any atom is -0.325 e. The van der Waals surface area contributed by atoms with Crippen molar-refractivity contribution in [3.63, 3.8) is 0 Å². The zero-order valence-corrected chi connectivity index (χ0v) is 13.0. The number of nitriles is 1. The molecule has 5 nitrogen and oxygen atoms in total.